The zero-order valence-electron chi connectivity index (χ0n) is 15.9. The number of aromatic nitrogens is 2. The van der Waals surface area contributed by atoms with E-state index in [4.69, 9.17) is 9.47 Å². The molecular formula is C22H22N4O2. The summed E-state index contributed by atoms with van der Waals surface area (Å²) in [6.07, 6.45) is 7.01. The van der Waals surface area contributed by atoms with Gasteiger partial charge in [-0.25, -0.2) is 9.97 Å². The van der Waals surface area contributed by atoms with Gasteiger partial charge in [0.15, 0.2) is 0 Å². The Morgan fingerprint density at radius 1 is 0.679 bits per heavy atom. The zero-order chi connectivity index (χ0) is 19.6. The lowest BCUT2D eigenvalue weighted by molar-refractivity contribution is 0.326. The molecule has 142 valence electrons. The van der Waals surface area contributed by atoms with Gasteiger partial charge in [-0.3, -0.25) is 9.98 Å². The van der Waals surface area contributed by atoms with Crippen LogP contribution in [0.4, 0.5) is 11.4 Å². The number of aliphatic imine (C=N–C) groups is 2. The Bertz CT molecular complexity index is 840. The van der Waals surface area contributed by atoms with Crippen molar-refractivity contribution in [3.8, 4) is 11.8 Å². The van der Waals surface area contributed by atoms with E-state index in [0.717, 1.165) is 22.5 Å². The maximum absolute atomic E-state index is 5.33. The number of hydrogen-bond donors (Lipinski definition) is 0. The molecule has 0 radical (unpaired) electrons. The lowest BCUT2D eigenvalue weighted by atomic mass is 10.2. The molecule has 0 aliphatic heterocycles. The minimum atomic E-state index is 0.602. The van der Waals surface area contributed by atoms with Gasteiger partial charge < -0.3 is 9.47 Å². The summed E-state index contributed by atoms with van der Waals surface area (Å²) in [4.78, 5) is 17.4. The Labute approximate surface area is 164 Å². The van der Waals surface area contributed by atoms with Crippen molar-refractivity contribution in [2.75, 3.05) is 13.2 Å². The number of rotatable bonds is 8. The fourth-order valence-electron chi connectivity index (χ4n) is 2.33. The van der Waals surface area contributed by atoms with Gasteiger partial charge in [-0.05, 0) is 50.2 Å². The SMILES string of the molecule is CCOc1ccc(C=Nc2ccc(N=Cc3ccc(OCC)nc3)cc2)cn1. The Kier molecular flexibility index (Phi) is 6.84. The van der Waals surface area contributed by atoms with E-state index in [1.165, 1.54) is 0 Å². The molecule has 0 unspecified atom stereocenters. The van der Waals surface area contributed by atoms with E-state index in [1.54, 1.807) is 24.8 Å². The molecule has 0 atom stereocenters. The lowest BCUT2D eigenvalue weighted by Crippen LogP contribution is -1.94. The highest BCUT2D eigenvalue weighted by atomic mass is 16.5. The number of ether oxygens (including phenoxy) is 2. The van der Waals surface area contributed by atoms with Gasteiger partial charge in [0.05, 0.1) is 24.6 Å². The fraction of sp³-hybridized carbons (Fsp3) is 0.182. The van der Waals surface area contributed by atoms with Crippen molar-refractivity contribution >= 4 is 23.8 Å². The van der Waals surface area contributed by atoms with Crippen LogP contribution >= 0.6 is 0 Å². The average Bonchev–Trinajstić information content (AvgIpc) is 2.74. The van der Waals surface area contributed by atoms with Gasteiger partial charge in [-0.1, -0.05) is 0 Å². The summed E-state index contributed by atoms with van der Waals surface area (Å²) < 4.78 is 10.7. The molecule has 6 heteroatoms. The smallest absolute Gasteiger partial charge is 0.213 e. The monoisotopic (exact) mass is 374 g/mol. The highest BCUT2D eigenvalue weighted by Crippen LogP contribution is 2.19. The van der Waals surface area contributed by atoms with Crippen LogP contribution in [0, 0.1) is 0 Å². The van der Waals surface area contributed by atoms with E-state index in [0.29, 0.717) is 25.0 Å². The van der Waals surface area contributed by atoms with E-state index in [9.17, 15) is 0 Å². The predicted octanol–water partition coefficient (Wildman–Crippen LogP) is 4.78. The first-order chi connectivity index (χ1) is 13.8. The molecule has 0 N–H and O–H groups in total. The minimum Gasteiger partial charge on any atom is -0.478 e. The van der Waals surface area contributed by atoms with Crippen molar-refractivity contribution < 1.29 is 9.47 Å². The lowest BCUT2D eigenvalue weighted by Gasteiger charge is -2.01. The van der Waals surface area contributed by atoms with E-state index >= 15 is 0 Å². The first kappa shape index (κ1) is 19.2. The minimum absolute atomic E-state index is 0.602. The fourth-order valence-corrected chi connectivity index (χ4v) is 2.33. The molecule has 2 aromatic heterocycles. The van der Waals surface area contributed by atoms with Crippen molar-refractivity contribution in [1.82, 2.24) is 9.97 Å². The summed E-state index contributed by atoms with van der Waals surface area (Å²) in [5, 5.41) is 0. The average molecular weight is 374 g/mol. The standard InChI is InChI=1S/C22H22N4O2/c1-3-27-21-11-5-17(15-25-21)13-23-19-7-9-20(10-8-19)24-14-18-6-12-22(26-16-18)28-4-2/h5-16H,3-4H2,1-2H3. The molecule has 0 saturated heterocycles. The van der Waals surface area contributed by atoms with Gasteiger partial charge in [-0.2, -0.15) is 0 Å². The first-order valence-corrected chi connectivity index (χ1v) is 9.12. The van der Waals surface area contributed by atoms with Crippen molar-refractivity contribution in [2.45, 2.75) is 13.8 Å². The van der Waals surface area contributed by atoms with Crippen molar-refractivity contribution in [3.05, 3.63) is 72.1 Å². The molecule has 0 spiro atoms. The molecular weight excluding hydrogens is 352 g/mol. The number of hydrogen-bond acceptors (Lipinski definition) is 6. The normalized spacial score (nSPS) is 11.2. The Balaban J connectivity index is 1.59. The maximum Gasteiger partial charge on any atom is 0.213 e. The predicted molar refractivity (Wildman–Crippen MR) is 112 cm³/mol. The van der Waals surface area contributed by atoms with Gasteiger partial charge in [0.2, 0.25) is 11.8 Å². The molecule has 0 aliphatic carbocycles. The maximum atomic E-state index is 5.33. The molecule has 28 heavy (non-hydrogen) atoms. The molecule has 1 aromatic carbocycles. The van der Waals surface area contributed by atoms with Crippen molar-refractivity contribution in [3.63, 3.8) is 0 Å². The number of pyridine rings is 2. The molecule has 2 heterocycles. The van der Waals surface area contributed by atoms with Gasteiger partial charge in [0, 0.05) is 48.1 Å². The summed E-state index contributed by atoms with van der Waals surface area (Å²) >= 11 is 0. The topological polar surface area (TPSA) is 69.0 Å². The summed E-state index contributed by atoms with van der Waals surface area (Å²) in [5.41, 5.74) is 3.51. The largest absolute Gasteiger partial charge is 0.478 e. The highest BCUT2D eigenvalue weighted by molar-refractivity contribution is 5.82. The quantitative estimate of drug-likeness (QED) is 0.532. The van der Waals surface area contributed by atoms with Crippen LogP contribution in [0.5, 0.6) is 11.8 Å². The third-order valence-electron chi connectivity index (χ3n) is 3.68. The van der Waals surface area contributed by atoms with Crippen LogP contribution in [-0.2, 0) is 0 Å². The van der Waals surface area contributed by atoms with Gasteiger partial charge in [-0.15, -0.1) is 0 Å². The van der Waals surface area contributed by atoms with Gasteiger partial charge >= 0.3 is 0 Å². The van der Waals surface area contributed by atoms with Crippen LogP contribution in [0.15, 0.2) is 70.9 Å². The molecule has 0 saturated carbocycles. The molecule has 0 amide bonds. The molecule has 0 bridgehead atoms. The molecule has 3 aromatic rings. The van der Waals surface area contributed by atoms with Gasteiger partial charge in [0.25, 0.3) is 0 Å². The Hall–Kier alpha value is -3.54. The van der Waals surface area contributed by atoms with E-state index in [1.807, 2.05) is 62.4 Å². The Morgan fingerprint density at radius 2 is 1.11 bits per heavy atom. The number of benzene rings is 1. The van der Waals surface area contributed by atoms with Crippen LogP contribution in [-0.4, -0.2) is 35.6 Å². The molecule has 0 fully saturated rings. The highest BCUT2D eigenvalue weighted by Gasteiger charge is 1.96. The van der Waals surface area contributed by atoms with Crippen LogP contribution < -0.4 is 9.47 Å². The molecule has 3 rings (SSSR count). The third-order valence-corrected chi connectivity index (χ3v) is 3.68. The molecule has 6 nitrogen and oxygen atoms in total. The van der Waals surface area contributed by atoms with Crippen LogP contribution in [0.3, 0.4) is 0 Å². The second-order valence-corrected chi connectivity index (χ2v) is 5.76. The first-order valence-electron chi connectivity index (χ1n) is 9.12. The van der Waals surface area contributed by atoms with Gasteiger partial charge in [0.1, 0.15) is 0 Å². The van der Waals surface area contributed by atoms with Crippen LogP contribution in [0.25, 0.3) is 0 Å². The van der Waals surface area contributed by atoms with Crippen molar-refractivity contribution in [1.29, 1.82) is 0 Å². The second-order valence-electron chi connectivity index (χ2n) is 5.76. The van der Waals surface area contributed by atoms with Crippen LogP contribution in [0.2, 0.25) is 0 Å². The summed E-state index contributed by atoms with van der Waals surface area (Å²) in [7, 11) is 0. The van der Waals surface area contributed by atoms with E-state index in [-0.39, 0.29) is 0 Å². The molecule has 0 aliphatic rings. The van der Waals surface area contributed by atoms with E-state index < -0.39 is 0 Å². The van der Waals surface area contributed by atoms with E-state index in [2.05, 4.69) is 20.0 Å². The zero-order valence-corrected chi connectivity index (χ0v) is 15.9. The van der Waals surface area contributed by atoms with Crippen LogP contribution in [0.1, 0.15) is 25.0 Å². The summed E-state index contributed by atoms with van der Waals surface area (Å²) in [6.45, 7) is 5.06. The second kappa shape index (κ2) is 9.97. The third kappa shape index (κ3) is 5.74. The number of nitrogens with zero attached hydrogens (tertiary/aromatic N) is 4. The summed E-state index contributed by atoms with van der Waals surface area (Å²) in [5.74, 6) is 1.23. The van der Waals surface area contributed by atoms with Crippen molar-refractivity contribution in [2.24, 2.45) is 9.98 Å². The Morgan fingerprint density at radius 3 is 1.43 bits per heavy atom. The summed E-state index contributed by atoms with van der Waals surface area (Å²) in [6, 6.07) is 15.2.